The first-order valence-corrected chi connectivity index (χ1v) is 6.94. The molecule has 3 nitrogen and oxygen atoms in total. The van der Waals surface area contributed by atoms with Crippen LogP contribution in [0.3, 0.4) is 0 Å². The van der Waals surface area contributed by atoms with E-state index in [0.717, 1.165) is 26.8 Å². The summed E-state index contributed by atoms with van der Waals surface area (Å²) in [4.78, 5) is 4.36. The van der Waals surface area contributed by atoms with Crippen LogP contribution in [0.5, 0.6) is 0 Å². The van der Waals surface area contributed by atoms with E-state index in [9.17, 15) is 0 Å². The molecule has 0 atom stereocenters. The zero-order valence-electron chi connectivity index (χ0n) is 10.2. The number of nitrogens with two attached hydrogens (primary N) is 1. The molecule has 5 heteroatoms. The van der Waals surface area contributed by atoms with Gasteiger partial charge in [0.25, 0.3) is 0 Å². The lowest BCUT2D eigenvalue weighted by Crippen LogP contribution is -2.02. The number of nitrogen functional groups attached to an aromatic ring is 1. The van der Waals surface area contributed by atoms with Crippen molar-refractivity contribution in [3.05, 3.63) is 51.5 Å². The number of nitrogens with zero attached hydrogens (tertiary/aromatic N) is 2. The van der Waals surface area contributed by atoms with Gasteiger partial charge in [-0.3, -0.25) is 4.57 Å². The number of fused-ring (bicyclic) bond motifs is 1. The first kappa shape index (κ1) is 12.5. The van der Waals surface area contributed by atoms with Crippen molar-refractivity contribution in [2.75, 3.05) is 5.73 Å². The average Bonchev–Trinajstić information content (AvgIpc) is 2.68. The molecule has 0 amide bonds. The van der Waals surface area contributed by atoms with Crippen LogP contribution in [0.1, 0.15) is 5.56 Å². The number of aryl methyl sites for hydroxylation is 1. The highest BCUT2D eigenvalue weighted by atomic mass is 79.9. The van der Waals surface area contributed by atoms with Crippen LogP contribution in [-0.4, -0.2) is 9.55 Å². The van der Waals surface area contributed by atoms with Crippen molar-refractivity contribution >= 4 is 44.5 Å². The fraction of sp³-hybridized carbons (Fsp3) is 0.0714. The molecular formula is C14H11BrClN3. The van der Waals surface area contributed by atoms with Gasteiger partial charge in [-0.2, -0.15) is 0 Å². The van der Waals surface area contributed by atoms with Crippen molar-refractivity contribution in [2.45, 2.75) is 6.92 Å². The predicted molar refractivity (Wildman–Crippen MR) is 82.9 cm³/mol. The van der Waals surface area contributed by atoms with Crippen molar-refractivity contribution in [3.63, 3.8) is 0 Å². The summed E-state index contributed by atoms with van der Waals surface area (Å²) in [5.41, 5.74) is 9.89. The molecule has 0 unspecified atom stereocenters. The lowest BCUT2D eigenvalue weighted by atomic mass is 10.2. The quantitative estimate of drug-likeness (QED) is 0.718. The fourth-order valence-electron chi connectivity index (χ4n) is 2.13. The number of halogens is 2. The van der Waals surface area contributed by atoms with E-state index in [2.05, 4.69) is 20.9 Å². The normalized spacial score (nSPS) is 11.1. The van der Waals surface area contributed by atoms with E-state index in [1.165, 1.54) is 0 Å². The molecule has 0 saturated carbocycles. The summed E-state index contributed by atoms with van der Waals surface area (Å²) in [6.07, 6.45) is 0. The minimum absolute atomic E-state index is 0.448. The third kappa shape index (κ3) is 2.01. The molecule has 3 aromatic rings. The van der Waals surface area contributed by atoms with Crippen LogP contribution in [-0.2, 0) is 0 Å². The highest BCUT2D eigenvalue weighted by Gasteiger charge is 2.13. The number of hydrogen-bond acceptors (Lipinski definition) is 2. The Bertz CT molecular complexity index is 780. The van der Waals surface area contributed by atoms with Gasteiger partial charge in [0.05, 0.1) is 16.7 Å². The van der Waals surface area contributed by atoms with E-state index in [1.54, 1.807) is 0 Å². The molecule has 2 N–H and O–H groups in total. The number of aromatic nitrogens is 2. The standard InChI is InChI=1S/C14H11BrClN3/c1-8-3-2-4-12(13(8)15)19-11-6-5-9(16)7-10(11)18-14(19)17/h2-7H,1H3,(H2,17,18). The topological polar surface area (TPSA) is 43.8 Å². The van der Waals surface area contributed by atoms with Gasteiger partial charge < -0.3 is 5.73 Å². The van der Waals surface area contributed by atoms with Gasteiger partial charge in [-0.1, -0.05) is 23.7 Å². The van der Waals surface area contributed by atoms with E-state index in [4.69, 9.17) is 17.3 Å². The van der Waals surface area contributed by atoms with Gasteiger partial charge in [-0.15, -0.1) is 0 Å². The predicted octanol–water partition coefficient (Wildman–Crippen LogP) is 4.33. The van der Waals surface area contributed by atoms with E-state index >= 15 is 0 Å². The number of benzene rings is 2. The van der Waals surface area contributed by atoms with Crippen LogP contribution in [0.15, 0.2) is 40.9 Å². The van der Waals surface area contributed by atoms with Gasteiger partial charge in [-0.05, 0) is 52.7 Å². The summed E-state index contributed by atoms with van der Waals surface area (Å²) in [6.45, 7) is 2.04. The van der Waals surface area contributed by atoms with Crippen LogP contribution in [0.2, 0.25) is 5.02 Å². The lowest BCUT2D eigenvalue weighted by molar-refractivity contribution is 1.09. The summed E-state index contributed by atoms with van der Waals surface area (Å²) in [7, 11) is 0. The van der Waals surface area contributed by atoms with Crippen molar-refractivity contribution in [1.82, 2.24) is 9.55 Å². The van der Waals surface area contributed by atoms with E-state index in [0.29, 0.717) is 11.0 Å². The van der Waals surface area contributed by atoms with Crippen molar-refractivity contribution in [1.29, 1.82) is 0 Å². The Morgan fingerprint density at radius 3 is 2.84 bits per heavy atom. The van der Waals surface area contributed by atoms with Gasteiger partial charge in [-0.25, -0.2) is 4.98 Å². The molecule has 96 valence electrons. The maximum Gasteiger partial charge on any atom is 0.205 e. The van der Waals surface area contributed by atoms with Crippen LogP contribution in [0.4, 0.5) is 5.95 Å². The SMILES string of the molecule is Cc1cccc(-n2c(N)nc3cc(Cl)ccc32)c1Br. The third-order valence-corrected chi connectivity index (χ3v) is 4.32. The van der Waals surface area contributed by atoms with Gasteiger partial charge in [0.15, 0.2) is 0 Å². The van der Waals surface area contributed by atoms with E-state index in [-0.39, 0.29) is 0 Å². The second-order valence-electron chi connectivity index (χ2n) is 4.35. The second kappa shape index (κ2) is 4.54. The highest BCUT2D eigenvalue weighted by Crippen LogP contribution is 2.31. The van der Waals surface area contributed by atoms with E-state index in [1.807, 2.05) is 47.9 Å². The summed E-state index contributed by atoms with van der Waals surface area (Å²) in [6, 6.07) is 11.6. The van der Waals surface area contributed by atoms with Gasteiger partial charge in [0, 0.05) is 9.50 Å². The molecule has 0 aliphatic rings. The summed E-state index contributed by atoms with van der Waals surface area (Å²) >= 11 is 9.59. The number of rotatable bonds is 1. The van der Waals surface area contributed by atoms with Crippen molar-refractivity contribution in [3.8, 4) is 5.69 Å². The van der Waals surface area contributed by atoms with Gasteiger partial charge in [0.2, 0.25) is 5.95 Å². The molecule has 0 aliphatic heterocycles. The Labute approximate surface area is 124 Å². The smallest absolute Gasteiger partial charge is 0.205 e. The van der Waals surface area contributed by atoms with Crippen LogP contribution < -0.4 is 5.73 Å². The fourth-order valence-corrected chi connectivity index (χ4v) is 2.74. The molecule has 0 aliphatic carbocycles. The molecule has 1 heterocycles. The average molecular weight is 337 g/mol. The maximum absolute atomic E-state index is 6.04. The minimum Gasteiger partial charge on any atom is -0.369 e. The van der Waals surface area contributed by atoms with Gasteiger partial charge >= 0.3 is 0 Å². The Balaban J connectivity index is 2.36. The second-order valence-corrected chi connectivity index (χ2v) is 5.58. The zero-order chi connectivity index (χ0) is 13.6. The maximum atomic E-state index is 6.04. The van der Waals surface area contributed by atoms with Crippen LogP contribution in [0.25, 0.3) is 16.7 Å². The molecule has 19 heavy (non-hydrogen) atoms. The first-order valence-electron chi connectivity index (χ1n) is 5.77. The molecular weight excluding hydrogens is 326 g/mol. The lowest BCUT2D eigenvalue weighted by Gasteiger charge is -2.10. The molecule has 0 saturated heterocycles. The summed E-state index contributed by atoms with van der Waals surface area (Å²) in [5.74, 6) is 0.448. The third-order valence-electron chi connectivity index (χ3n) is 3.05. The summed E-state index contributed by atoms with van der Waals surface area (Å²) in [5, 5.41) is 0.653. The van der Waals surface area contributed by atoms with E-state index < -0.39 is 0 Å². The van der Waals surface area contributed by atoms with Crippen LogP contribution in [0, 0.1) is 6.92 Å². The summed E-state index contributed by atoms with van der Waals surface area (Å²) < 4.78 is 2.93. The molecule has 2 aromatic carbocycles. The molecule has 0 radical (unpaired) electrons. The number of hydrogen-bond donors (Lipinski definition) is 1. The molecule has 0 spiro atoms. The van der Waals surface area contributed by atoms with Crippen molar-refractivity contribution < 1.29 is 0 Å². The Kier molecular flexibility index (Phi) is 2.99. The monoisotopic (exact) mass is 335 g/mol. The highest BCUT2D eigenvalue weighted by molar-refractivity contribution is 9.10. The Hall–Kier alpha value is -1.52. The Morgan fingerprint density at radius 2 is 2.05 bits per heavy atom. The number of imidazole rings is 1. The zero-order valence-corrected chi connectivity index (χ0v) is 12.5. The minimum atomic E-state index is 0.448. The first-order chi connectivity index (χ1) is 9.08. The molecule has 1 aromatic heterocycles. The molecule has 0 bridgehead atoms. The van der Waals surface area contributed by atoms with Crippen LogP contribution >= 0.6 is 27.5 Å². The Morgan fingerprint density at radius 1 is 1.26 bits per heavy atom. The van der Waals surface area contributed by atoms with Crippen molar-refractivity contribution in [2.24, 2.45) is 0 Å². The molecule has 0 fully saturated rings. The number of anilines is 1. The van der Waals surface area contributed by atoms with Gasteiger partial charge in [0.1, 0.15) is 0 Å². The molecule has 3 rings (SSSR count). The largest absolute Gasteiger partial charge is 0.369 e.